The zero-order chi connectivity index (χ0) is 29.8. The van der Waals surface area contributed by atoms with Crippen LogP contribution in [0.4, 0.5) is 11.4 Å². The summed E-state index contributed by atoms with van der Waals surface area (Å²) in [5, 5.41) is 3.05. The number of H-pyrrole nitrogens is 1. The summed E-state index contributed by atoms with van der Waals surface area (Å²) >= 11 is 0. The Morgan fingerprint density at radius 3 is 2.33 bits per heavy atom. The van der Waals surface area contributed by atoms with Crippen molar-refractivity contribution in [1.29, 1.82) is 0 Å². The van der Waals surface area contributed by atoms with Gasteiger partial charge in [0.2, 0.25) is 0 Å². The summed E-state index contributed by atoms with van der Waals surface area (Å²) in [6, 6.07) is 15.3. The van der Waals surface area contributed by atoms with Gasteiger partial charge in [-0.15, -0.1) is 0 Å². The predicted octanol–water partition coefficient (Wildman–Crippen LogP) is 4.65. The number of hydrogen-bond donors (Lipinski definition) is 2. The highest BCUT2D eigenvalue weighted by molar-refractivity contribution is 5.99. The van der Waals surface area contributed by atoms with E-state index >= 15 is 0 Å². The van der Waals surface area contributed by atoms with Crippen LogP contribution in [0.15, 0.2) is 47.3 Å². The second-order valence-corrected chi connectivity index (χ2v) is 11.8. The first-order chi connectivity index (χ1) is 20.2. The highest BCUT2D eigenvalue weighted by Gasteiger charge is 2.25. The molecular weight excluding hydrogens is 526 g/mol. The molecule has 2 aliphatic rings. The van der Waals surface area contributed by atoms with E-state index in [-0.39, 0.29) is 18.0 Å². The number of hydrogen-bond acceptors (Lipinski definition) is 6. The van der Waals surface area contributed by atoms with Crippen LogP contribution in [0.1, 0.15) is 52.5 Å². The number of nitrogens with zero attached hydrogens (tertiary/aromatic N) is 3. The molecule has 2 fully saturated rings. The fourth-order valence-electron chi connectivity index (χ4n) is 6.32. The Balaban J connectivity index is 1.48. The van der Waals surface area contributed by atoms with E-state index in [1.54, 1.807) is 0 Å². The van der Waals surface area contributed by atoms with Gasteiger partial charge in [-0.05, 0) is 100 Å². The largest absolute Gasteiger partial charge is 0.381 e. The molecule has 2 aromatic carbocycles. The number of piperazine rings is 1. The highest BCUT2D eigenvalue weighted by atomic mass is 16.5. The van der Waals surface area contributed by atoms with Crippen LogP contribution in [-0.4, -0.2) is 74.8 Å². The minimum atomic E-state index is -0.174. The summed E-state index contributed by atoms with van der Waals surface area (Å²) < 4.78 is 5.66. The summed E-state index contributed by atoms with van der Waals surface area (Å²) in [6.45, 7) is 14.7. The third-order valence-electron chi connectivity index (χ3n) is 8.90. The third-order valence-corrected chi connectivity index (χ3v) is 8.90. The lowest BCUT2D eigenvalue weighted by Gasteiger charge is -2.37. The van der Waals surface area contributed by atoms with Crippen molar-refractivity contribution in [2.24, 2.45) is 0 Å². The monoisotopic (exact) mass is 571 g/mol. The minimum Gasteiger partial charge on any atom is -0.381 e. The van der Waals surface area contributed by atoms with Crippen molar-refractivity contribution in [2.45, 2.75) is 53.1 Å². The van der Waals surface area contributed by atoms with Crippen LogP contribution < -0.4 is 20.7 Å². The van der Waals surface area contributed by atoms with Crippen molar-refractivity contribution < 1.29 is 9.53 Å². The number of aromatic nitrogens is 1. The summed E-state index contributed by atoms with van der Waals surface area (Å²) in [5.41, 5.74) is 8.11. The molecule has 0 saturated carbocycles. The second-order valence-electron chi connectivity index (χ2n) is 11.8. The molecule has 0 unspecified atom stereocenters. The number of carbonyl (C=O) groups excluding carboxylic acids is 1. The number of pyridine rings is 1. The van der Waals surface area contributed by atoms with Gasteiger partial charge < -0.3 is 29.7 Å². The molecule has 0 spiro atoms. The van der Waals surface area contributed by atoms with Crippen LogP contribution in [0.5, 0.6) is 0 Å². The van der Waals surface area contributed by atoms with Crippen molar-refractivity contribution in [1.82, 2.24) is 15.2 Å². The van der Waals surface area contributed by atoms with Gasteiger partial charge in [0.15, 0.2) is 0 Å². The summed E-state index contributed by atoms with van der Waals surface area (Å²) in [6.07, 6.45) is 1.93. The lowest BCUT2D eigenvalue weighted by Crippen LogP contribution is -2.44. The number of carbonyl (C=O) groups is 1. The minimum absolute atomic E-state index is 0.156. The molecule has 8 heteroatoms. The number of ether oxygens (including phenoxy) is 1. The van der Waals surface area contributed by atoms with E-state index in [2.05, 4.69) is 69.3 Å². The van der Waals surface area contributed by atoms with Gasteiger partial charge in [-0.2, -0.15) is 0 Å². The molecule has 42 heavy (non-hydrogen) atoms. The maximum Gasteiger partial charge on any atom is 0.253 e. The van der Waals surface area contributed by atoms with Crippen LogP contribution in [0.2, 0.25) is 0 Å². The highest BCUT2D eigenvalue weighted by Crippen LogP contribution is 2.34. The quantitative estimate of drug-likeness (QED) is 0.410. The SMILES string of the molecule is CCN(c1cc(-c2ccc(N3CCN(C)CC3)cc2)cc(C(=O)NCc2c(C)cc(C)[nH]c2=O)c1C)C1CCOCC1. The van der Waals surface area contributed by atoms with Crippen LogP contribution in [-0.2, 0) is 11.3 Å². The van der Waals surface area contributed by atoms with E-state index in [9.17, 15) is 9.59 Å². The van der Waals surface area contributed by atoms with E-state index < -0.39 is 0 Å². The summed E-state index contributed by atoms with van der Waals surface area (Å²) in [7, 11) is 2.17. The number of likely N-dealkylation sites (N-methyl/N-ethyl adjacent to an activating group) is 1. The molecule has 2 saturated heterocycles. The van der Waals surface area contributed by atoms with Gasteiger partial charge in [-0.25, -0.2) is 0 Å². The Morgan fingerprint density at radius 2 is 1.69 bits per heavy atom. The average molecular weight is 572 g/mol. The molecule has 2 N–H and O–H groups in total. The topological polar surface area (TPSA) is 80.9 Å². The second kappa shape index (κ2) is 13.1. The molecular formula is C34H45N5O3. The van der Waals surface area contributed by atoms with Crippen LogP contribution in [0.3, 0.4) is 0 Å². The Morgan fingerprint density at radius 1 is 1.00 bits per heavy atom. The van der Waals surface area contributed by atoms with E-state index in [4.69, 9.17) is 4.74 Å². The smallest absolute Gasteiger partial charge is 0.253 e. The number of benzene rings is 2. The maximum atomic E-state index is 13.8. The average Bonchev–Trinajstić information content (AvgIpc) is 2.99. The van der Waals surface area contributed by atoms with Crippen LogP contribution in [0, 0.1) is 20.8 Å². The van der Waals surface area contributed by atoms with Gasteiger partial charge in [0, 0.05) is 86.7 Å². The lowest BCUT2D eigenvalue weighted by atomic mass is 9.95. The van der Waals surface area contributed by atoms with Gasteiger partial charge in [-0.1, -0.05) is 12.1 Å². The van der Waals surface area contributed by atoms with Gasteiger partial charge in [0.1, 0.15) is 0 Å². The van der Waals surface area contributed by atoms with Gasteiger partial charge in [0.05, 0.1) is 0 Å². The zero-order valence-corrected chi connectivity index (χ0v) is 25.8. The normalized spacial score (nSPS) is 16.5. The Kier molecular flexibility index (Phi) is 9.34. The molecule has 0 bridgehead atoms. The molecule has 1 aromatic heterocycles. The Bertz CT molecular complexity index is 1450. The zero-order valence-electron chi connectivity index (χ0n) is 25.8. The van der Waals surface area contributed by atoms with Crippen molar-refractivity contribution >= 4 is 17.3 Å². The van der Waals surface area contributed by atoms with E-state index in [0.29, 0.717) is 17.2 Å². The van der Waals surface area contributed by atoms with E-state index in [1.165, 1.54) is 5.69 Å². The number of anilines is 2. The standard InChI is InChI=1S/C34H45N5O3/c1-6-39(29-11-17-42-18-12-29)32-21-27(26-7-9-28(10-8-26)38-15-13-37(5)14-16-38)20-30(25(32)4)33(40)35-22-31-23(2)19-24(3)36-34(31)41/h7-10,19-21,29H,6,11-18,22H2,1-5H3,(H,35,40)(H,36,41). The maximum absolute atomic E-state index is 13.8. The number of amides is 1. The fraction of sp³-hybridized carbons (Fsp3) is 0.471. The molecule has 0 aliphatic carbocycles. The molecule has 2 aliphatic heterocycles. The van der Waals surface area contributed by atoms with Crippen molar-refractivity contribution in [3.05, 3.63) is 80.8 Å². The molecule has 1 amide bonds. The number of aromatic amines is 1. The lowest BCUT2D eigenvalue weighted by molar-refractivity contribution is 0.0846. The van der Waals surface area contributed by atoms with Crippen molar-refractivity contribution in [3.63, 3.8) is 0 Å². The number of aryl methyl sites for hydroxylation is 2. The first-order valence-corrected chi connectivity index (χ1v) is 15.3. The summed E-state index contributed by atoms with van der Waals surface area (Å²) in [4.78, 5) is 36.5. The van der Waals surface area contributed by atoms with Crippen LogP contribution >= 0.6 is 0 Å². The summed E-state index contributed by atoms with van der Waals surface area (Å²) in [5.74, 6) is -0.174. The molecule has 224 valence electrons. The Labute approximate surface area is 249 Å². The molecule has 0 atom stereocenters. The molecule has 3 aromatic rings. The predicted molar refractivity (Wildman–Crippen MR) is 171 cm³/mol. The number of rotatable bonds is 8. The van der Waals surface area contributed by atoms with Crippen molar-refractivity contribution in [2.75, 3.05) is 62.8 Å². The molecule has 8 nitrogen and oxygen atoms in total. The molecule has 5 rings (SSSR count). The molecule has 3 heterocycles. The van der Waals surface area contributed by atoms with Gasteiger partial charge in [-0.3, -0.25) is 9.59 Å². The first kappa shape index (κ1) is 29.9. The first-order valence-electron chi connectivity index (χ1n) is 15.3. The van der Waals surface area contributed by atoms with E-state index in [1.807, 2.05) is 32.9 Å². The van der Waals surface area contributed by atoms with Gasteiger partial charge >= 0.3 is 0 Å². The van der Waals surface area contributed by atoms with Crippen molar-refractivity contribution in [3.8, 4) is 11.1 Å². The Hall–Kier alpha value is -3.62. The van der Waals surface area contributed by atoms with Gasteiger partial charge in [0.25, 0.3) is 11.5 Å². The fourth-order valence-corrected chi connectivity index (χ4v) is 6.32. The number of nitrogens with one attached hydrogen (secondary N) is 2. The van der Waals surface area contributed by atoms with Crippen LogP contribution in [0.25, 0.3) is 11.1 Å². The van der Waals surface area contributed by atoms with E-state index in [0.717, 1.165) is 92.4 Å². The third kappa shape index (κ3) is 6.55. The molecule has 0 radical (unpaired) electrons.